The van der Waals surface area contributed by atoms with Gasteiger partial charge in [0, 0.05) is 5.56 Å². The van der Waals surface area contributed by atoms with Crippen LogP contribution in [0.2, 0.25) is 0 Å². The Kier molecular flexibility index (Phi) is 3.96. The van der Waals surface area contributed by atoms with Crippen molar-refractivity contribution in [3.63, 3.8) is 0 Å². The highest BCUT2D eigenvalue weighted by Crippen LogP contribution is 2.26. The Morgan fingerprint density at radius 3 is 2.05 bits per heavy atom. The molecule has 0 saturated carbocycles. The van der Waals surface area contributed by atoms with Crippen LogP contribution >= 0.6 is 0 Å². The van der Waals surface area contributed by atoms with Gasteiger partial charge in [0.25, 0.3) is 0 Å². The van der Waals surface area contributed by atoms with Crippen LogP contribution in [0.1, 0.15) is 31.1 Å². The van der Waals surface area contributed by atoms with Crippen LogP contribution in [0.5, 0.6) is 0 Å². The van der Waals surface area contributed by atoms with Crippen molar-refractivity contribution >= 4 is 27.3 Å². The summed E-state index contributed by atoms with van der Waals surface area (Å²) in [4.78, 5) is 11.4. The predicted octanol–water partition coefficient (Wildman–Crippen LogP) is 5.22. The summed E-state index contributed by atoms with van der Waals surface area (Å²) in [6, 6.07) is 18.4. The van der Waals surface area contributed by atoms with Gasteiger partial charge in [0.15, 0.2) is 5.78 Å². The molecule has 0 aliphatic heterocycles. The lowest BCUT2D eigenvalue weighted by molar-refractivity contribution is 0.101. The summed E-state index contributed by atoms with van der Waals surface area (Å²) in [7, 11) is 0. The Balaban J connectivity index is 0.000000637. The zero-order valence-electron chi connectivity index (χ0n) is 11.6. The van der Waals surface area contributed by atoms with Crippen molar-refractivity contribution in [3.8, 4) is 0 Å². The third kappa shape index (κ3) is 2.50. The third-order valence-electron chi connectivity index (χ3n) is 3.15. The maximum absolute atomic E-state index is 11.4. The van der Waals surface area contributed by atoms with Gasteiger partial charge in [-0.2, -0.15) is 0 Å². The van der Waals surface area contributed by atoms with E-state index in [9.17, 15) is 4.79 Å². The van der Waals surface area contributed by atoms with Crippen LogP contribution in [0.3, 0.4) is 0 Å². The summed E-state index contributed by atoms with van der Waals surface area (Å²) >= 11 is 0. The molecule has 1 nitrogen and oxygen atoms in total. The normalized spacial score (nSPS) is 10.1. The molecule has 0 heterocycles. The van der Waals surface area contributed by atoms with E-state index >= 15 is 0 Å². The monoisotopic (exact) mass is 250 g/mol. The lowest BCUT2D eigenvalue weighted by Crippen LogP contribution is -1.91. The quantitative estimate of drug-likeness (QED) is 0.427. The van der Waals surface area contributed by atoms with Gasteiger partial charge in [-0.15, -0.1) is 0 Å². The van der Waals surface area contributed by atoms with E-state index in [1.165, 1.54) is 16.2 Å². The Morgan fingerprint density at radius 1 is 0.789 bits per heavy atom. The molecule has 19 heavy (non-hydrogen) atoms. The molecule has 0 aliphatic carbocycles. The van der Waals surface area contributed by atoms with E-state index in [0.29, 0.717) is 0 Å². The second-order valence-electron chi connectivity index (χ2n) is 4.28. The average Bonchev–Trinajstić information content (AvgIpc) is 2.48. The van der Waals surface area contributed by atoms with Crippen LogP contribution in [-0.4, -0.2) is 5.78 Å². The molecule has 0 fully saturated rings. The maximum atomic E-state index is 11.4. The highest BCUT2D eigenvalue weighted by atomic mass is 16.1. The molecule has 0 N–H and O–H groups in total. The number of carbonyl (C=O) groups is 1. The molecular weight excluding hydrogens is 232 g/mol. The molecule has 0 unspecified atom stereocenters. The van der Waals surface area contributed by atoms with Gasteiger partial charge in [-0.05, 0) is 34.5 Å². The Morgan fingerprint density at radius 2 is 1.37 bits per heavy atom. The number of benzene rings is 3. The molecule has 3 aromatic carbocycles. The first-order valence-corrected chi connectivity index (χ1v) is 6.68. The maximum Gasteiger partial charge on any atom is 0.159 e. The van der Waals surface area contributed by atoms with Crippen molar-refractivity contribution in [1.82, 2.24) is 0 Å². The minimum absolute atomic E-state index is 0.111. The standard InChI is InChI=1S/C16H12O.C2H6/c1-11(17)14-9-8-13-7-6-12-4-2-3-5-15(12)16(13)10-14;1-2/h2-10H,1H3;1-2H3. The molecule has 1 heteroatoms. The van der Waals surface area contributed by atoms with Gasteiger partial charge in [-0.3, -0.25) is 4.79 Å². The van der Waals surface area contributed by atoms with Gasteiger partial charge in [-0.1, -0.05) is 62.4 Å². The summed E-state index contributed by atoms with van der Waals surface area (Å²) < 4.78 is 0. The lowest BCUT2D eigenvalue weighted by Gasteiger charge is -2.05. The first-order valence-electron chi connectivity index (χ1n) is 6.68. The van der Waals surface area contributed by atoms with E-state index in [1.54, 1.807) is 6.92 Å². The molecule has 0 atom stereocenters. The fourth-order valence-corrected chi connectivity index (χ4v) is 2.22. The molecule has 0 radical (unpaired) electrons. The second-order valence-corrected chi connectivity index (χ2v) is 4.28. The summed E-state index contributed by atoms with van der Waals surface area (Å²) in [6.07, 6.45) is 0. The molecule has 3 rings (SSSR count). The number of ketones is 1. The average molecular weight is 250 g/mol. The number of carbonyl (C=O) groups excluding carboxylic acids is 1. The first-order chi connectivity index (χ1) is 9.25. The SMILES string of the molecule is CC.CC(=O)c1ccc2ccc3ccccc3c2c1. The topological polar surface area (TPSA) is 17.1 Å². The predicted molar refractivity (Wildman–Crippen MR) is 82.8 cm³/mol. The summed E-state index contributed by atoms with van der Waals surface area (Å²) in [5.41, 5.74) is 0.772. The molecule has 0 amide bonds. The van der Waals surface area contributed by atoms with Crippen molar-refractivity contribution in [1.29, 1.82) is 0 Å². The van der Waals surface area contributed by atoms with Gasteiger partial charge in [0.2, 0.25) is 0 Å². The molecule has 0 saturated heterocycles. The minimum atomic E-state index is 0.111. The van der Waals surface area contributed by atoms with Crippen LogP contribution in [0, 0.1) is 0 Å². The number of Topliss-reactive ketones (excluding diaryl/α,β-unsaturated/α-hetero) is 1. The molecule has 0 bridgehead atoms. The molecule has 96 valence electrons. The summed E-state index contributed by atoms with van der Waals surface area (Å²) in [5, 5.41) is 4.73. The van der Waals surface area contributed by atoms with Gasteiger partial charge in [-0.25, -0.2) is 0 Å². The summed E-state index contributed by atoms with van der Waals surface area (Å²) in [6.45, 7) is 5.60. The van der Waals surface area contributed by atoms with Crippen molar-refractivity contribution < 1.29 is 4.79 Å². The van der Waals surface area contributed by atoms with E-state index in [4.69, 9.17) is 0 Å². The fraction of sp³-hybridized carbons (Fsp3) is 0.167. The number of hydrogen-bond donors (Lipinski definition) is 0. The van der Waals surface area contributed by atoms with Gasteiger partial charge < -0.3 is 0 Å². The minimum Gasteiger partial charge on any atom is -0.295 e. The number of hydrogen-bond acceptors (Lipinski definition) is 1. The van der Waals surface area contributed by atoms with E-state index in [0.717, 1.165) is 10.9 Å². The molecule has 0 spiro atoms. The molecule has 0 aliphatic rings. The Hall–Kier alpha value is -2.15. The van der Waals surface area contributed by atoms with Gasteiger partial charge in [0.05, 0.1) is 0 Å². The zero-order valence-corrected chi connectivity index (χ0v) is 11.6. The van der Waals surface area contributed by atoms with E-state index in [2.05, 4.69) is 24.3 Å². The van der Waals surface area contributed by atoms with Gasteiger partial charge in [0.1, 0.15) is 0 Å². The largest absolute Gasteiger partial charge is 0.295 e. The molecule has 3 aromatic rings. The van der Waals surface area contributed by atoms with Crippen LogP contribution in [-0.2, 0) is 0 Å². The van der Waals surface area contributed by atoms with Crippen LogP contribution in [0.15, 0.2) is 54.6 Å². The van der Waals surface area contributed by atoms with Crippen molar-refractivity contribution in [2.45, 2.75) is 20.8 Å². The van der Waals surface area contributed by atoms with Crippen molar-refractivity contribution in [2.24, 2.45) is 0 Å². The van der Waals surface area contributed by atoms with Crippen molar-refractivity contribution in [2.75, 3.05) is 0 Å². The smallest absolute Gasteiger partial charge is 0.159 e. The second kappa shape index (κ2) is 5.66. The van der Waals surface area contributed by atoms with Crippen LogP contribution in [0.25, 0.3) is 21.5 Å². The molecule has 0 aromatic heterocycles. The zero-order chi connectivity index (χ0) is 13.8. The Bertz CT molecular complexity index is 726. The highest BCUT2D eigenvalue weighted by Gasteiger charge is 2.03. The Labute approximate surface area is 113 Å². The molecular formula is C18H18O. The van der Waals surface area contributed by atoms with Gasteiger partial charge >= 0.3 is 0 Å². The van der Waals surface area contributed by atoms with Crippen LogP contribution < -0.4 is 0 Å². The lowest BCUT2D eigenvalue weighted by atomic mass is 9.99. The number of fused-ring (bicyclic) bond motifs is 3. The summed E-state index contributed by atoms with van der Waals surface area (Å²) in [5.74, 6) is 0.111. The van der Waals surface area contributed by atoms with E-state index in [-0.39, 0.29) is 5.78 Å². The third-order valence-corrected chi connectivity index (χ3v) is 3.15. The van der Waals surface area contributed by atoms with E-state index in [1.807, 2.05) is 44.2 Å². The van der Waals surface area contributed by atoms with Crippen molar-refractivity contribution in [3.05, 3.63) is 60.2 Å². The first kappa shape index (κ1) is 13.3. The van der Waals surface area contributed by atoms with Crippen LogP contribution in [0.4, 0.5) is 0 Å². The van der Waals surface area contributed by atoms with E-state index < -0.39 is 0 Å². The number of rotatable bonds is 1. The highest BCUT2D eigenvalue weighted by molar-refractivity contribution is 6.10. The fourth-order valence-electron chi connectivity index (χ4n) is 2.22.